The number of aromatic amines is 1. The lowest BCUT2D eigenvalue weighted by Crippen LogP contribution is -2.38. The number of nitrogens with one attached hydrogen (secondary N) is 1. The maximum atomic E-state index is 11.0. The zero-order valence-corrected chi connectivity index (χ0v) is 20.6. The summed E-state index contributed by atoms with van der Waals surface area (Å²) in [5.41, 5.74) is 3.65. The fraction of sp³-hybridized carbons (Fsp3) is 0.607. The lowest BCUT2D eigenvalue weighted by molar-refractivity contribution is 0.0211. The molecule has 4 aliphatic rings. The highest BCUT2D eigenvalue weighted by Crippen LogP contribution is 2.60. The maximum absolute atomic E-state index is 11.0. The Morgan fingerprint density at radius 2 is 1.50 bits per heavy atom. The van der Waals surface area contributed by atoms with Crippen LogP contribution in [-0.2, 0) is 6.54 Å². The number of piperidine rings is 1. The zero-order valence-electron chi connectivity index (χ0n) is 20.6. The predicted octanol–water partition coefficient (Wildman–Crippen LogP) is 3.38. The molecule has 1 saturated heterocycles. The van der Waals surface area contributed by atoms with E-state index in [1.807, 2.05) is 6.07 Å². The molecule has 4 unspecified atom stereocenters. The molecule has 2 bridgehead atoms. The van der Waals surface area contributed by atoms with Crippen LogP contribution in [0.5, 0.6) is 11.8 Å². The number of rotatable bonds is 5. The second-order valence-electron chi connectivity index (χ2n) is 11.7. The minimum atomic E-state index is -0.856. The van der Waals surface area contributed by atoms with Crippen molar-refractivity contribution in [1.29, 1.82) is 0 Å². The standard InChI is InChI=1S/C28H36N4O4/c33-25-19-12-20(26(25)34)23-22(19)27(35)32(28(23)36)14-17-5-3-4-16(17)13-31-10-8-15(9-11-31)24-18-6-1-2-7-21(18)29-30-24/h1-2,6-7,15-17,19-20,25-26,33-36H,3-5,8-14H2,(H,29,30)/t16-,17-,19?,20?,25?,26?/m1/s1. The van der Waals surface area contributed by atoms with E-state index in [2.05, 4.69) is 33.3 Å². The second-order valence-corrected chi connectivity index (χ2v) is 11.7. The summed E-state index contributed by atoms with van der Waals surface area (Å²) in [6.45, 7) is 3.81. The van der Waals surface area contributed by atoms with Crippen LogP contribution in [-0.4, -0.2) is 71.9 Å². The van der Waals surface area contributed by atoms with Gasteiger partial charge in [-0.15, -0.1) is 0 Å². The average Bonchev–Trinajstić information content (AvgIpc) is 3.69. The fourth-order valence-corrected chi connectivity index (χ4v) is 8.00. The molecule has 0 amide bonds. The number of fused-ring (bicyclic) bond motifs is 6. The molecule has 3 aliphatic carbocycles. The Morgan fingerprint density at radius 1 is 0.861 bits per heavy atom. The van der Waals surface area contributed by atoms with Gasteiger partial charge in [-0.1, -0.05) is 24.6 Å². The Balaban J connectivity index is 1.02. The summed E-state index contributed by atoms with van der Waals surface area (Å²) < 4.78 is 1.66. The van der Waals surface area contributed by atoms with Gasteiger partial charge in [-0.25, -0.2) is 0 Å². The van der Waals surface area contributed by atoms with Crippen LogP contribution in [0.2, 0.25) is 0 Å². The molecular weight excluding hydrogens is 456 g/mol. The van der Waals surface area contributed by atoms with Crippen LogP contribution in [0.15, 0.2) is 24.3 Å². The van der Waals surface area contributed by atoms with E-state index >= 15 is 0 Å². The number of para-hydroxylation sites is 1. The van der Waals surface area contributed by atoms with E-state index in [9.17, 15) is 20.4 Å². The molecule has 8 heteroatoms. The minimum absolute atomic E-state index is 0.0965. The van der Waals surface area contributed by atoms with Crippen molar-refractivity contribution in [3.63, 3.8) is 0 Å². The molecular formula is C28H36N4O4. The Labute approximate surface area is 210 Å². The molecule has 7 rings (SSSR count). The van der Waals surface area contributed by atoms with Crippen molar-refractivity contribution in [1.82, 2.24) is 19.7 Å². The lowest BCUT2D eigenvalue weighted by atomic mass is 9.89. The van der Waals surface area contributed by atoms with E-state index in [1.54, 1.807) is 4.57 Å². The van der Waals surface area contributed by atoms with Gasteiger partial charge in [0.15, 0.2) is 11.8 Å². The van der Waals surface area contributed by atoms with Crippen LogP contribution >= 0.6 is 0 Å². The van der Waals surface area contributed by atoms with Crippen LogP contribution in [0.4, 0.5) is 0 Å². The third kappa shape index (κ3) is 3.34. The van der Waals surface area contributed by atoms with Crippen molar-refractivity contribution < 1.29 is 20.4 Å². The Bertz CT molecular complexity index is 1240. The van der Waals surface area contributed by atoms with Gasteiger partial charge >= 0.3 is 0 Å². The average molecular weight is 493 g/mol. The van der Waals surface area contributed by atoms with E-state index < -0.39 is 12.2 Å². The van der Waals surface area contributed by atoms with Gasteiger partial charge in [0.25, 0.3) is 0 Å². The third-order valence-electron chi connectivity index (χ3n) is 9.92. The molecule has 2 saturated carbocycles. The third-order valence-corrected chi connectivity index (χ3v) is 9.92. The normalized spacial score (nSPS) is 32.6. The molecule has 192 valence electrons. The number of nitrogens with zero attached hydrogens (tertiary/aromatic N) is 3. The van der Waals surface area contributed by atoms with E-state index in [0.717, 1.165) is 44.4 Å². The largest absolute Gasteiger partial charge is 0.494 e. The quantitative estimate of drug-likeness (QED) is 0.373. The summed E-state index contributed by atoms with van der Waals surface area (Å²) in [5, 5.41) is 51.7. The van der Waals surface area contributed by atoms with Crippen LogP contribution in [0.1, 0.15) is 73.1 Å². The van der Waals surface area contributed by atoms with Crippen LogP contribution in [0.25, 0.3) is 10.9 Å². The van der Waals surface area contributed by atoms with Gasteiger partial charge in [-0.05, 0) is 63.1 Å². The first kappa shape index (κ1) is 22.6. The summed E-state index contributed by atoms with van der Waals surface area (Å²) in [7, 11) is 0. The Hall–Kier alpha value is -2.55. The summed E-state index contributed by atoms with van der Waals surface area (Å²) >= 11 is 0. The molecule has 2 aromatic heterocycles. The van der Waals surface area contributed by atoms with E-state index in [0.29, 0.717) is 41.8 Å². The topological polar surface area (TPSA) is 118 Å². The maximum Gasteiger partial charge on any atom is 0.197 e. The summed E-state index contributed by atoms with van der Waals surface area (Å²) in [4.78, 5) is 2.60. The van der Waals surface area contributed by atoms with Crippen LogP contribution in [0.3, 0.4) is 0 Å². The number of H-pyrrole nitrogens is 1. The molecule has 0 radical (unpaired) electrons. The summed E-state index contributed by atoms with van der Waals surface area (Å²) in [6, 6.07) is 8.35. The van der Waals surface area contributed by atoms with Crippen molar-refractivity contribution in [2.75, 3.05) is 19.6 Å². The number of hydrogen-bond donors (Lipinski definition) is 5. The van der Waals surface area contributed by atoms with E-state index in [4.69, 9.17) is 0 Å². The van der Waals surface area contributed by atoms with Gasteiger partial charge in [0, 0.05) is 53.1 Å². The lowest BCUT2D eigenvalue weighted by Gasteiger charge is -2.34. The summed E-state index contributed by atoms with van der Waals surface area (Å²) in [5.74, 6) is 1.10. The van der Waals surface area contributed by atoms with Crippen molar-refractivity contribution in [2.24, 2.45) is 11.8 Å². The minimum Gasteiger partial charge on any atom is -0.494 e. The van der Waals surface area contributed by atoms with Crippen molar-refractivity contribution >= 4 is 10.9 Å². The molecule has 0 spiro atoms. The predicted molar refractivity (Wildman–Crippen MR) is 135 cm³/mol. The first-order valence-electron chi connectivity index (χ1n) is 13.7. The number of aromatic nitrogens is 3. The molecule has 5 N–H and O–H groups in total. The highest BCUT2D eigenvalue weighted by molar-refractivity contribution is 5.81. The van der Waals surface area contributed by atoms with Gasteiger partial charge < -0.3 is 25.3 Å². The van der Waals surface area contributed by atoms with E-state index in [1.165, 1.54) is 23.9 Å². The molecule has 3 fully saturated rings. The first-order chi connectivity index (χ1) is 17.5. The van der Waals surface area contributed by atoms with Gasteiger partial charge in [0.2, 0.25) is 0 Å². The Morgan fingerprint density at radius 3 is 2.19 bits per heavy atom. The van der Waals surface area contributed by atoms with Gasteiger partial charge in [-0.3, -0.25) is 9.67 Å². The highest BCUT2D eigenvalue weighted by Gasteiger charge is 2.54. The molecule has 1 aliphatic heterocycles. The SMILES string of the molecule is Oc1c2c(c(O)n1C[C@H]1CCC[C@@H]1CN1CCC(c3[nH]nc4ccccc34)CC1)C1CC2C(O)C1O. The van der Waals surface area contributed by atoms with Gasteiger partial charge in [0.05, 0.1) is 17.7 Å². The second kappa shape index (κ2) is 8.50. The van der Waals surface area contributed by atoms with Crippen molar-refractivity contribution in [3.05, 3.63) is 41.1 Å². The molecule has 36 heavy (non-hydrogen) atoms. The van der Waals surface area contributed by atoms with Crippen LogP contribution in [0, 0.1) is 11.8 Å². The number of hydrogen-bond acceptors (Lipinski definition) is 6. The molecule has 8 nitrogen and oxygen atoms in total. The van der Waals surface area contributed by atoms with Gasteiger partial charge in [0.1, 0.15) is 0 Å². The number of benzene rings is 1. The number of aromatic hydroxyl groups is 2. The fourth-order valence-electron chi connectivity index (χ4n) is 8.00. The smallest absolute Gasteiger partial charge is 0.197 e. The number of likely N-dealkylation sites (tertiary alicyclic amines) is 1. The van der Waals surface area contributed by atoms with Gasteiger partial charge in [-0.2, -0.15) is 5.10 Å². The first-order valence-corrected chi connectivity index (χ1v) is 13.7. The molecule has 6 atom stereocenters. The number of aliphatic hydroxyl groups excluding tert-OH is 2. The zero-order chi connectivity index (χ0) is 24.6. The van der Waals surface area contributed by atoms with Crippen molar-refractivity contribution in [2.45, 2.75) is 75.0 Å². The van der Waals surface area contributed by atoms with E-state index in [-0.39, 0.29) is 23.6 Å². The molecule has 1 aromatic carbocycles. The highest BCUT2D eigenvalue weighted by atomic mass is 16.3. The Kier molecular flexibility index (Phi) is 5.34. The van der Waals surface area contributed by atoms with Crippen molar-refractivity contribution in [3.8, 4) is 11.8 Å². The summed E-state index contributed by atoms with van der Waals surface area (Å²) in [6.07, 6.45) is 4.60. The number of aliphatic hydroxyl groups is 2. The molecule has 3 aromatic rings. The monoisotopic (exact) mass is 492 g/mol. The van der Waals surface area contributed by atoms with Crippen LogP contribution < -0.4 is 0 Å². The molecule has 3 heterocycles.